The maximum Gasteiger partial charge on any atom is 0.227 e. The van der Waals surface area contributed by atoms with Crippen LogP contribution in [0.15, 0.2) is 18.2 Å². The molecule has 0 atom stereocenters. The Bertz CT molecular complexity index is 375. The van der Waals surface area contributed by atoms with Crippen LogP contribution in [0.4, 0.5) is 0 Å². The second kappa shape index (κ2) is 6.12. The van der Waals surface area contributed by atoms with Crippen molar-refractivity contribution in [3.05, 3.63) is 33.8 Å². The van der Waals surface area contributed by atoms with Crippen molar-refractivity contribution >= 4 is 29.1 Å². The molecule has 16 heavy (non-hydrogen) atoms. The zero-order chi connectivity index (χ0) is 12.1. The van der Waals surface area contributed by atoms with Gasteiger partial charge in [-0.2, -0.15) is 0 Å². The highest BCUT2D eigenvalue weighted by Crippen LogP contribution is 2.21. The van der Waals surface area contributed by atoms with E-state index < -0.39 is 0 Å². The van der Waals surface area contributed by atoms with Crippen molar-refractivity contribution < 1.29 is 4.79 Å². The molecule has 88 valence electrons. The van der Waals surface area contributed by atoms with E-state index in [1.54, 1.807) is 23.1 Å². The van der Waals surface area contributed by atoms with E-state index in [1.807, 2.05) is 13.8 Å². The first kappa shape index (κ1) is 13.3. The fourth-order valence-electron chi connectivity index (χ4n) is 1.52. The Morgan fingerprint density at radius 2 is 1.88 bits per heavy atom. The van der Waals surface area contributed by atoms with Crippen LogP contribution in [0.25, 0.3) is 0 Å². The summed E-state index contributed by atoms with van der Waals surface area (Å²) in [6.45, 7) is 5.37. The molecule has 0 saturated carbocycles. The Morgan fingerprint density at radius 1 is 1.25 bits per heavy atom. The minimum Gasteiger partial charge on any atom is -0.343 e. The summed E-state index contributed by atoms with van der Waals surface area (Å²) in [5, 5.41) is 1.14. The number of carbonyl (C=O) groups excluding carboxylic acids is 1. The first-order valence-electron chi connectivity index (χ1n) is 5.30. The number of benzene rings is 1. The van der Waals surface area contributed by atoms with Crippen molar-refractivity contribution in [1.82, 2.24) is 4.90 Å². The molecule has 0 heterocycles. The van der Waals surface area contributed by atoms with Gasteiger partial charge in [-0.05, 0) is 31.5 Å². The van der Waals surface area contributed by atoms with E-state index in [4.69, 9.17) is 23.2 Å². The number of halogens is 2. The molecule has 0 spiro atoms. The van der Waals surface area contributed by atoms with Crippen LogP contribution in [-0.2, 0) is 11.2 Å². The van der Waals surface area contributed by atoms with E-state index in [1.165, 1.54) is 0 Å². The van der Waals surface area contributed by atoms with E-state index in [2.05, 4.69) is 0 Å². The first-order valence-corrected chi connectivity index (χ1v) is 6.05. The molecule has 4 heteroatoms. The Kier molecular flexibility index (Phi) is 5.10. The molecule has 0 saturated heterocycles. The van der Waals surface area contributed by atoms with Gasteiger partial charge in [0, 0.05) is 23.1 Å². The molecule has 0 fully saturated rings. The Morgan fingerprint density at radius 3 is 2.38 bits per heavy atom. The van der Waals surface area contributed by atoms with E-state index in [0.717, 1.165) is 18.7 Å². The molecule has 0 unspecified atom stereocenters. The van der Waals surface area contributed by atoms with E-state index in [-0.39, 0.29) is 5.91 Å². The summed E-state index contributed by atoms with van der Waals surface area (Å²) in [5.41, 5.74) is 0.822. The van der Waals surface area contributed by atoms with Gasteiger partial charge in [0.25, 0.3) is 0 Å². The predicted octanol–water partition coefficient (Wildman–Crippen LogP) is 3.40. The van der Waals surface area contributed by atoms with Crippen LogP contribution in [0.5, 0.6) is 0 Å². The number of hydrogen-bond acceptors (Lipinski definition) is 1. The quantitative estimate of drug-likeness (QED) is 0.812. The topological polar surface area (TPSA) is 20.3 Å². The van der Waals surface area contributed by atoms with Gasteiger partial charge in [0.05, 0.1) is 6.42 Å². The van der Waals surface area contributed by atoms with Crippen LogP contribution in [0.3, 0.4) is 0 Å². The van der Waals surface area contributed by atoms with E-state index in [0.29, 0.717) is 16.5 Å². The molecule has 0 radical (unpaired) electrons. The van der Waals surface area contributed by atoms with Crippen LogP contribution in [0, 0.1) is 0 Å². The molecular weight excluding hydrogens is 245 g/mol. The predicted molar refractivity (Wildman–Crippen MR) is 68.1 cm³/mol. The molecule has 1 rings (SSSR count). The van der Waals surface area contributed by atoms with Crippen LogP contribution >= 0.6 is 23.2 Å². The summed E-state index contributed by atoms with van der Waals surface area (Å²) in [5.74, 6) is 0.0919. The van der Waals surface area contributed by atoms with E-state index in [9.17, 15) is 4.79 Å². The minimum atomic E-state index is 0.0919. The first-order chi connectivity index (χ1) is 7.58. The number of nitrogens with zero attached hydrogens (tertiary/aromatic N) is 1. The van der Waals surface area contributed by atoms with Crippen LogP contribution in [0.2, 0.25) is 10.0 Å². The monoisotopic (exact) mass is 259 g/mol. The number of amides is 1. The van der Waals surface area contributed by atoms with Crippen molar-refractivity contribution in [2.24, 2.45) is 0 Å². The minimum absolute atomic E-state index is 0.0919. The van der Waals surface area contributed by atoms with Crippen molar-refractivity contribution in [1.29, 1.82) is 0 Å². The second-order valence-electron chi connectivity index (χ2n) is 3.48. The van der Waals surface area contributed by atoms with E-state index >= 15 is 0 Å². The fraction of sp³-hybridized carbons (Fsp3) is 0.417. The molecule has 0 aliphatic carbocycles. The summed E-state index contributed by atoms with van der Waals surface area (Å²) in [6.07, 6.45) is 0.331. The number of likely N-dealkylation sites (N-methyl/N-ethyl adjacent to an activating group) is 1. The lowest BCUT2D eigenvalue weighted by Crippen LogP contribution is -2.31. The van der Waals surface area contributed by atoms with Gasteiger partial charge >= 0.3 is 0 Å². The maximum absolute atomic E-state index is 11.8. The molecule has 0 bridgehead atoms. The van der Waals surface area contributed by atoms with Crippen molar-refractivity contribution in [3.8, 4) is 0 Å². The van der Waals surface area contributed by atoms with Gasteiger partial charge in [-0.3, -0.25) is 4.79 Å². The smallest absolute Gasteiger partial charge is 0.227 e. The average molecular weight is 260 g/mol. The van der Waals surface area contributed by atoms with Gasteiger partial charge in [-0.15, -0.1) is 0 Å². The molecule has 1 aromatic carbocycles. The summed E-state index contributed by atoms with van der Waals surface area (Å²) < 4.78 is 0. The third-order valence-corrected chi connectivity index (χ3v) is 3.06. The molecule has 0 aliphatic rings. The second-order valence-corrected chi connectivity index (χ2v) is 4.32. The zero-order valence-corrected chi connectivity index (χ0v) is 11.0. The van der Waals surface area contributed by atoms with Crippen molar-refractivity contribution in [2.45, 2.75) is 20.3 Å². The Hall–Kier alpha value is -0.730. The van der Waals surface area contributed by atoms with Crippen LogP contribution in [-0.4, -0.2) is 23.9 Å². The Balaban J connectivity index is 2.76. The number of rotatable bonds is 4. The largest absolute Gasteiger partial charge is 0.343 e. The highest BCUT2D eigenvalue weighted by atomic mass is 35.5. The lowest BCUT2D eigenvalue weighted by atomic mass is 10.1. The summed E-state index contributed by atoms with van der Waals surface area (Å²) in [7, 11) is 0. The molecule has 0 aromatic heterocycles. The normalized spacial score (nSPS) is 10.2. The van der Waals surface area contributed by atoms with Gasteiger partial charge in [0.2, 0.25) is 5.91 Å². The third-order valence-electron chi connectivity index (χ3n) is 2.47. The molecule has 1 aromatic rings. The lowest BCUT2D eigenvalue weighted by Gasteiger charge is -2.18. The molecule has 0 N–H and O–H groups in total. The van der Waals surface area contributed by atoms with Gasteiger partial charge in [-0.1, -0.05) is 29.3 Å². The van der Waals surface area contributed by atoms with Gasteiger partial charge < -0.3 is 4.90 Å². The molecule has 2 nitrogen and oxygen atoms in total. The number of carbonyl (C=O) groups is 1. The molecule has 0 aliphatic heterocycles. The highest BCUT2D eigenvalue weighted by molar-refractivity contribution is 6.35. The number of hydrogen-bond donors (Lipinski definition) is 0. The fourth-order valence-corrected chi connectivity index (χ4v) is 1.99. The van der Waals surface area contributed by atoms with Gasteiger partial charge in [0.15, 0.2) is 0 Å². The maximum atomic E-state index is 11.8. The van der Waals surface area contributed by atoms with Gasteiger partial charge in [-0.25, -0.2) is 0 Å². The lowest BCUT2D eigenvalue weighted by molar-refractivity contribution is -0.130. The summed E-state index contributed by atoms with van der Waals surface area (Å²) >= 11 is 11.8. The van der Waals surface area contributed by atoms with Crippen LogP contribution in [0.1, 0.15) is 19.4 Å². The average Bonchev–Trinajstić information content (AvgIpc) is 2.24. The van der Waals surface area contributed by atoms with Crippen LogP contribution < -0.4 is 0 Å². The van der Waals surface area contributed by atoms with Crippen molar-refractivity contribution in [2.75, 3.05) is 13.1 Å². The molecular formula is C12H15Cl2NO. The van der Waals surface area contributed by atoms with Gasteiger partial charge in [0.1, 0.15) is 0 Å². The summed E-state index contributed by atoms with van der Waals surface area (Å²) in [6, 6.07) is 5.21. The summed E-state index contributed by atoms with van der Waals surface area (Å²) in [4.78, 5) is 13.6. The third kappa shape index (κ3) is 3.39. The molecule has 1 amide bonds. The standard InChI is InChI=1S/C12H15Cl2NO/c1-3-15(4-2)12(16)7-9-5-6-10(13)8-11(9)14/h5-6,8H,3-4,7H2,1-2H3. The highest BCUT2D eigenvalue weighted by Gasteiger charge is 2.12. The Labute approximate surface area is 106 Å². The zero-order valence-electron chi connectivity index (χ0n) is 9.46. The van der Waals surface area contributed by atoms with Crippen molar-refractivity contribution in [3.63, 3.8) is 0 Å². The SMILES string of the molecule is CCN(CC)C(=O)Cc1ccc(Cl)cc1Cl.